The number of amides is 1. The van der Waals surface area contributed by atoms with Gasteiger partial charge in [0.15, 0.2) is 5.71 Å². The Kier molecular flexibility index (Phi) is 5.69. The fourth-order valence-electron chi connectivity index (χ4n) is 0.706. The van der Waals surface area contributed by atoms with E-state index in [-0.39, 0.29) is 5.71 Å². The van der Waals surface area contributed by atoms with Crippen molar-refractivity contribution < 1.29 is 14.9 Å². The van der Waals surface area contributed by atoms with Crippen LogP contribution in [0.2, 0.25) is 0 Å². The normalized spacial score (nSPS) is 13.9. The molecule has 0 aliphatic heterocycles. The molecule has 0 aromatic carbocycles. The van der Waals surface area contributed by atoms with Gasteiger partial charge in [-0.3, -0.25) is 14.9 Å². The van der Waals surface area contributed by atoms with E-state index in [2.05, 4.69) is 10.5 Å². The van der Waals surface area contributed by atoms with Crippen molar-refractivity contribution in [2.45, 2.75) is 19.9 Å². The van der Waals surface area contributed by atoms with Crippen LogP contribution in [-0.4, -0.2) is 34.3 Å². The van der Waals surface area contributed by atoms with Crippen molar-refractivity contribution in [2.24, 2.45) is 5.16 Å². The van der Waals surface area contributed by atoms with Gasteiger partial charge in [-0.25, -0.2) is 0 Å². The third-order valence-corrected chi connectivity index (χ3v) is 1.54. The van der Waals surface area contributed by atoms with Crippen molar-refractivity contribution >= 4 is 11.6 Å². The topological polar surface area (TPSA) is 105 Å². The molecule has 0 rings (SSSR count). The first-order valence-corrected chi connectivity index (χ1v) is 4.34. The van der Waals surface area contributed by atoms with E-state index in [0.29, 0.717) is 6.54 Å². The molecule has 0 saturated carbocycles. The van der Waals surface area contributed by atoms with Gasteiger partial charge in [0.05, 0.1) is 0 Å². The first-order chi connectivity index (χ1) is 7.02. The van der Waals surface area contributed by atoms with Crippen LogP contribution >= 0.6 is 0 Å². The van der Waals surface area contributed by atoms with Crippen molar-refractivity contribution in [3.05, 3.63) is 22.3 Å². The van der Waals surface area contributed by atoms with Gasteiger partial charge >= 0.3 is 0 Å². The highest BCUT2D eigenvalue weighted by Crippen LogP contribution is 1.92. The van der Waals surface area contributed by atoms with Crippen molar-refractivity contribution in [1.29, 1.82) is 0 Å². The molecule has 0 aliphatic carbocycles. The van der Waals surface area contributed by atoms with Gasteiger partial charge in [-0.2, -0.15) is 0 Å². The molecule has 0 spiro atoms. The Morgan fingerprint density at radius 2 is 2.33 bits per heavy atom. The zero-order chi connectivity index (χ0) is 11.8. The van der Waals surface area contributed by atoms with Gasteiger partial charge in [-0.1, -0.05) is 5.16 Å². The maximum absolute atomic E-state index is 11.1. The minimum absolute atomic E-state index is 0.259. The summed E-state index contributed by atoms with van der Waals surface area (Å²) in [7, 11) is 0. The number of nitro groups is 1. The summed E-state index contributed by atoms with van der Waals surface area (Å²) >= 11 is 0. The molecule has 0 bridgehead atoms. The first kappa shape index (κ1) is 13.1. The van der Waals surface area contributed by atoms with Gasteiger partial charge in [0.1, 0.15) is 0 Å². The Labute approximate surface area is 86.6 Å². The number of carbonyl (C=O) groups excluding carboxylic acids is 1. The quantitative estimate of drug-likeness (QED) is 0.295. The maximum Gasteiger partial charge on any atom is 0.273 e. The molecular formula is C8H13N3O4. The zero-order valence-corrected chi connectivity index (χ0v) is 8.51. The number of carbonyl (C=O) groups is 1. The van der Waals surface area contributed by atoms with E-state index in [1.165, 1.54) is 13.0 Å². The summed E-state index contributed by atoms with van der Waals surface area (Å²) in [6.07, 6.45) is 2.28. The van der Waals surface area contributed by atoms with E-state index in [4.69, 9.17) is 5.21 Å². The highest BCUT2D eigenvalue weighted by atomic mass is 16.6. The fourth-order valence-corrected chi connectivity index (χ4v) is 0.706. The summed E-state index contributed by atoms with van der Waals surface area (Å²) < 4.78 is 0. The van der Waals surface area contributed by atoms with E-state index in [9.17, 15) is 14.9 Å². The molecule has 7 nitrogen and oxygen atoms in total. The molecule has 1 unspecified atom stereocenters. The van der Waals surface area contributed by atoms with E-state index in [1.54, 1.807) is 6.92 Å². The Balaban J connectivity index is 4.47. The van der Waals surface area contributed by atoms with Crippen LogP contribution in [0.5, 0.6) is 0 Å². The predicted molar refractivity (Wildman–Crippen MR) is 53.5 cm³/mol. The molecule has 7 heteroatoms. The molecule has 1 amide bonds. The number of nitrogens with zero attached hydrogens (tertiary/aromatic N) is 2. The molecule has 0 aromatic heterocycles. The minimum atomic E-state index is -0.934. The van der Waals surface area contributed by atoms with Gasteiger partial charge in [0, 0.05) is 18.4 Å². The Morgan fingerprint density at radius 3 is 2.73 bits per heavy atom. The van der Waals surface area contributed by atoms with Crippen molar-refractivity contribution in [1.82, 2.24) is 5.32 Å². The average Bonchev–Trinajstić information content (AvgIpc) is 2.18. The van der Waals surface area contributed by atoms with Gasteiger partial charge in [-0.05, 0) is 19.1 Å². The lowest BCUT2D eigenvalue weighted by molar-refractivity contribution is -0.504. The van der Waals surface area contributed by atoms with Crippen LogP contribution in [0, 0.1) is 10.1 Å². The fraction of sp³-hybridized carbons (Fsp3) is 0.500. The molecule has 0 radical (unpaired) electrons. The van der Waals surface area contributed by atoms with Crippen LogP contribution in [-0.2, 0) is 4.79 Å². The van der Waals surface area contributed by atoms with E-state index in [1.807, 2.05) is 0 Å². The molecular weight excluding hydrogens is 202 g/mol. The zero-order valence-electron chi connectivity index (χ0n) is 8.51. The summed E-state index contributed by atoms with van der Waals surface area (Å²) in [5.41, 5.74) is -0.259. The molecule has 1 atom stereocenters. The van der Waals surface area contributed by atoms with Crippen LogP contribution in [0.15, 0.2) is 17.3 Å². The average molecular weight is 215 g/mol. The summed E-state index contributed by atoms with van der Waals surface area (Å²) in [4.78, 5) is 20.9. The molecule has 0 aromatic rings. The van der Waals surface area contributed by atoms with E-state index in [0.717, 1.165) is 6.08 Å². The van der Waals surface area contributed by atoms with Crippen LogP contribution in [0.25, 0.3) is 0 Å². The Morgan fingerprint density at radius 1 is 1.73 bits per heavy atom. The molecule has 15 heavy (non-hydrogen) atoms. The molecule has 0 heterocycles. The van der Waals surface area contributed by atoms with Crippen molar-refractivity contribution in [2.75, 3.05) is 6.54 Å². The monoisotopic (exact) mass is 215 g/mol. The van der Waals surface area contributed by atoms with Gasteiger partial charge in [-0.15, -0.1) is 0 Å². The third kappa shape index (κ3) is 4.75. The first-order valence-electron chi connectivity index (χ1n) is 4.34. The van der Waals surface area contributed by atoms with Gasteiger partial charge in [0.25, 0.3) is 5.91 Å². The second-order valence-corrected chi connectivity index (χ2v) is 2.73. The van der Waals surface area contributed by atoms with Crippen LogP contribution in [0.3, 0.4) is 0 Å². The number of hydrogen-bond donors (Lipinski definition) is 2. The molecule has 0 aliphatic rings. The molecule has 0 fully saturated rings. The highest BCUT2D eigenvalue weighted by Gasteiger charge is 2.11. The van der Waals surface area contributed by atoms with Crippen LogP contribution < -0.4 is 5.32 Å². The lowest BCUT2D eigenvalue weighted by atomic mass is 10.2. The standard InChI is InChI=1S/C8H13N3O4/c1-3-9-8(12)7(10-13)5-4-6(2)11(14)15/h4-6,13H,3H2,1-2H3,(H,9,12)/b5-4+,10-7-. The maximum atomic E-state index is 11.1. The summed E-state index contributed by atoms with van der Waals surface area (Å²) in [6.45, 7) is 3.44. The second kappa shape index (κ2) is 6.52. The molecule has 84 valence electrons. The Hall–Kier alpha value is -1.92. The van der Waals surface area contributed by atoms with Crippen molar-refractivity contribution in [3.8, 4) is 0 Å². The van der Waals surface area contributed by atoms with Gasteiger partial charge in [0.2, 0.25) is 6.04 Å². The van der Waals surface area contributed by atoms with Crippen LogP contribution in [0.4, 0.5) is 0 Å². The van der Waals surface area contributed by atoms with Crippen LogP contribution in [0.1, 0.15) is 13.8 Å². The number of oxime groups is 1. The Bertz CT molecular complexity index is 298. The number of hydrogen-bond acceptors (Lipinski definition) is 5. The minimum Gasteiger partial charge on any atom is -0.410 e. The predicted octanol–water partition coefficient (Wildman–Crippen LogP) is 0.174. The lowest BCUT2D eigenvalue weighted by Crippen LogP contribution is -2.30. The smallest absolute Gasteiger partial charge is 0.273 e. The molecule has 2 N–H and O–H groups in total. The van der Waals surface area contributed by atoms with E-state index >= 15 is 0 Å². The highest BCUT2D eigenvalue weighted by molar-refractivity contribution is 6.43. The third-order valence-electron chi connectivity index (χ3n) is 1.54. The summed E-state index contributed by atoms with van der Waals surface area (Å²) in [5.74, 6) is -0.577. The summed E-state index contributed by atoms with van der Waals surface area (Å²) in [5, 5.41) is 23.9. The second-order valence-electron chi connectivity index (χ2n) is 2.73. The number of rotatable bonds is 5. The molecule has 0 saturated heterocycles. The van der Waals surface area contributed by atoms with Crippen molar-refractivity contribution in [3.63, 3.8) is 0 Å². The lowest BCUT2D eigenvalue weighted by Gasteiger charge is -2.00. The number of nitrogens with one attached hydrogen (secondary N) is 1. The van der Waals surface area contributed by atoms with Gasteiger partial charge < -0.3 is 10.5 Å². The van der Waals surface area contributed by atoms with E-state index < -0.39 is 16.9 Å². The summed E-state index contributed by atoms with van der Waals surface area (Å²) in [6, 6.07) is -0.934. The SMILES string of the molecule is CCNC(=O)C(/C=C/C(C)[N+](=O)[O-])=N\O. The largest absolute Gasteiger partial charge is 0.410 e.